The Morgan fingerprint density at radius 2 is 2.22 bits per heavy atom. The van der Waals surface area contributed by atoms with Crippen LogP contribution < -0.4 is 10.9 Å². The van der Waals surface area contributed by atoms with Crippen molar-refractivity contribution in [2.45, 2.75) is 32.9 Å². The normalized spacial score (nSPS) is 13.3. The van der Waals surface area contributed by atoms with Gasteiger partial charge in [0.25, 0.3) is 5.56 Å². The van der Waals surface area contributed by atoms with Crippen LogP contribution in [-0.2, 0) is 11.3 Å². The number of hydrogen-bond donors (Lipinski definition) is 1. The van der Waals surface area contributed by atoms with E-state index in [4.69, 9.17) is 0 Å². The van der Waals surface area contributed by atoms with Crippen LogP contribution in [-0.4, -0.2) is 36.0 Å². The number of aromatic nitrogens is 5. The molecule has 0 aliphatic heterocycles. The van der Waals surface area contributed by atoms with E-state index in [0.29, 0.717) is 5.82 Å². The zero-order chi connectivity index (χ0) is 17.0. The molecule has 0 aliphatic rings. The number of nitriles is 1. The molecule has 9 nitrogen and oxygen atoms in total. The molecule has 2 heterocycles. The summed E-state index contributed by atoms with van der Waals surface area (Å²) < 4.78 is 2.39. The molecule has 9 heteroatoms. The van der Waals surface area contributed by atoms with E-state index in [0.717, 1.165) is 4.68 Å². The van der Waals surface area contributed by atoms with Crippen molar-refractivity contribution in [3.05, 3.63) is 35.1 Å². The van der Waals surface area contributed by atoms with E-state index in [1.807, 2.05) is 13.8 Å². The third-order valence-corrected chi connectivity index (χ3v) is 3.59. The summed E-state index contributed by atoms with van der Waals surface area (Å²) in [6, 6.07) is 4.86. The van der Waals surface area contributed by atoms with Crippen LogP contribution in [0.25, 0.3) is 5.82 Å². The Morgan fingerprint density at radius 3 is 2.78 bits per heavy atom. The Balaban J connectivity index is 2.20. The maximum atomic E-state index is 12.1. The molecule has 23 heavy (non-hydrogen) atoms. The number of nitrogens with zero attached hydrogens (tertiary/aromatic N) is 6. The summed E-state index contributed by atoms with van der Waals surface area (Å²) in [5.41, 5.74) is -1.43. The van der Waals surface area contributed by atoms with Gasteiger partial charge in [0, 0.05) is 6.07 Å². The molecule has 0 radical (unpaired) electrons. The van der Waals surface area contributed by atoms with Crippen molar-refractivity contribution in [3.8, 4) is 11.9 Å². The predicted molar refractivity (Wildman–Crippen MR) is 80.4 cm³/mol. The van der Waals surface area contributed by atoms with Gasteiger partial charge in [0.2, 0.25) is 5.91 Å². The maximum absolute atomic E-state index is 12.1. The highest BCUT2D eigenvalue weighted by Crippen LogP contribution is 2.14. The standard InChI is InChI=1S/C14H17N7O2/c1-10(2)14(3,7-15)18-12(22)6-20-13(23)5-4-11(19-20)21-9-16-8-17-21/h4-5,8-10H,6H2,1-3H3,(H,18,22)/t14-/m0/s1. The highest BCUT2D eigenvalue weighted by molar-refractivity contribution is 5.77. The molecule has 1 N–H and O–H groups in total. The quantitative estimate of drug-likeness (QED) is 0.821. The van der Waals surface area contributed by atoms with Crippen LogP contribution in [0.5, 0.6) is 0 Å². The second-order valence-corrected chi connectivity index (χ2v) is 5.54. The van der Waals surface area contributed by atoms with Crippen molar-refractivity contribution < 1.29 is 4.79 Å². The lowest BCUT2D eigenvalue weighted by Gasteiger charge is -2.27. The largest absolute Gasteiger partial charge is 0.336 e. The van der Waals surface area contributed by atoms with Crippen molar-refractivity contribution in [1.29, 1.82) is 5.26 Å². The summed E-state index contributed by atoms with van der Waals surface area (Å²) in [6.45, 7) is 5.02. The minimum Gasteiger partial charge on any atom is -0.336 e. The number of carbonyl (C=O) groups is 1. The Kier molecular flexibility index (Phi) is 4.55. The summed E-state index contributed by atoms with van der Waals surface area (Å²) in [7, 11) is 0. The van der Waals surface area contributed by atoms with Gasteiger partial charge in [-0.15, -0.1) is 5.10 Å². The molecule has 0 fully saturated rings. The van der Waals surface area contributed by atoms with E-state index in [2.05, 4.69) is 26.6 Å². The van der Waals surface area contributed by atoms with E-state index in [-0.39, 0.29) is 12.5 Å². The fourth-order valence-corrected chi connectivity index (χ4v) is 1.77. The van der Waals surface area contributed by atoms with Crippen molar-refractivity contribution in [2.24, 2.45) is 5.92 Å². The second kappa shape index (κ2) is 6.39. The number of nitrogens with one attached hydrogen (secondary N) is 1. The average Bonchev–Trinajstić information content (AvgIpc) is 3.03. The molecule has 0 aromatic carbocycles. The third kappa shape index (κ3) is 3.60. The predicted octanol–water partition coefficient (Wildman–Crippen LogP) is -0.122. The Labute approximate surface area is 132 Å². The van der Waals surface area contributed by atoms with E-state index < -0.39 is 17.0 Å². The Morgan fingerprint density at radius 1 is 1.48 bits per heavy atom. The SMILES string of the molecule is CC(C)[C@](C)(C#N)NC(=O)Cn1nc(-n2cncn2)ccc1=O. The zero-order valence-corrected chi connectivity index (χ0v) is 13.1. The molecule has 0 unspecified atom stereocenters. The van der Waals surface area contributed by atoms with Crippen LogP contribution in [0.15, 0.2) is 29.6 Å². The summed E-state index contributed by atoms with van der Waals surface area (Å²) in [4.78, 5) is 27.8. The minimum absolute atomic E-state index is 0.0809. The molecule has 0 spiro atoms. The average molecular weight is 315 g/mol. The van der Waals surface area contributed by atoms with Gasteiger partial charge in [0.15, 0.2) is 5.82 Å². The molecule has 0 aliphatic carbocycles. The Hall–Kier alpha value is -3.02. The van der Waals surface area contributed by atoms with Crippen molar-refractivity contribution in [2.75, 3.05) is 0 Å². The first-order valence-corrected chi connectivity index (χ1v) is 7.01. The van der Waals surface area contributed by atoms with Gasteiger partial charge in [-0.25, -0.2) is 14.3 Å². The maximum Gasteiger partial charge on any atom is 0.267 e. The van der Waals surface area contributed by atoms with Crippen LogP contribution >= 0.6 is 0 Å². The van der Waals surface area contributed by atoms with Gasteiger partial charge >= 0.3 is 0 Å². The first-order chi connectivity index (χ1) is 10.9. The number of carbonyl (C=O) groups excluding carboxylic acids is 1. The topological polar surface area (TPSA) is 118 Å². The lowest BCUT2D eigenvalue weighted by atomic mass is 9.90. The van der Waals surface area contributed by atoms with E-state index in [1.54, 1.807) is 6.92 Å². The van der Waals surface area contributed by atoms with Gasteiger partial charge in [-0.1, -0.05) is 13.8 Å². The van der Waals surface area contributed by atoms with Crippen molar-refractivity contribution in [1.82, 2.24) is 29.9 Å². The molecular weight excluding hydrogens is 298 g/mol. The molecule has 1 amide bonds. The van der Waals surface area contributed by atoms with Crippen LogP contribution in [0, 0.1) is 17.2 Å². The van der Waals surface area contributed by atoms with Crippen molar-refractivity contribution >= 4 is 5.91 Å². The minimum atomic E-state index is -1.01. The molecule has 0 bridgehead atoms. The van der Waals surface area contributed by atoms with E-state index in [9.17, 15) is 14.9 Å². The first-order valence-electron chi connectivity index (χ1n) is 7.01. The molecular formula is C14H17N7O2. The summed E-state index contributed by atoms with van der Waals surface area (Å²) >= 11 is 0. The summed E-state index contributed by atoms with van der Waals surface area (Å²) in [5, 5.41) is 19.9. The van der Waals surface area contributed by atoms with Gasteiger partial charge in [-0.2, -0.15) is 10.4 Å². The smallest absolute Gasteiger partial charge is 0.267 e. The number of amides is 1. The van der Waals surface area contributed by atoms with Gasteiger partial charge < -0.3 is 5.32 Å². The summed E-state index contributed by atoms with van der Waals surface area (Å²) in [6.07, 6.45) is 2.77. The van der Waals surface area contributed by atoms with Crippen LogP contribution in [0.1, 0.15) is 20.8 Å². The van der Waals surface area contributed by atoms with Crippen molar-refractivity contribution in [3.63, 3.8) is 0 Å². The lowest BCUT2D eigenvalue weighted by Crippen LogP contribution is -2.50. The molecule has 0 saturated heterocycles. The zero-order valence-electron chi connectivity index (χ0n) is 13.1. The monoisotopic (exact) mass is 315 g/mol. The van der Waals surface area contributed by atoms with Crippen LogP contribution in [0.2, 0.25) is 0 Å². The van der Waals surface area contributed by atoms with Gasteiger partial charge in [0.1, 0.15) is 24.7 Å². The third-order valence-electron chi connectivity index (χ3n) is 3.59. The van der Waals surface area contributed by atoms with Crippen LogP contribution in [0.3, 0.4) is 0 Å². The molecule has 0 saturated carbocycles. The van der Waals surface area contributed by atoms with E-state index >= 15 is 0 Å². The van der Waals surface area contributed by atoms with Gasteiger partial charge in [0.05, 0.1) is 6.07 Å². The molecule has 120 valence electrons. The number of hydrogen-bond acceptors (Lipinski definition) is 6. The van der Waals surface area contributed by atoms with Gasteiger partial charge in [-0.05, 0) is 18.9 Å². The highest BCUT2D eigenvalue weighted by atomic mass is 16.2. The molecule has 2 aromatic rings. The first kappa shape index (κ1) is 16.4. The number of rotatable bonds is 5. The van der Waals surface area contributed by atoms with Gasteiger partial charge in [-0.3, -0.25) is 9.59 Å². The fraction of sp³-hybridized carbons (Fsp3) is 0.429. The highest BCUT2D eigenvalue weighted by Gasteiger charge is 2.30. The lowest BCUT2D eigenvalue weighted by molar-refractivity contribution is -0.123. The fourth-order valence-electron chi connectivity index (χ4n) is 1.77. The summed E-state index contributed by atoms with van der Waals surface area (Å²) in [5.74, 6) is -0.183. The Bertz CT molecular complexity index is 788. The molecule has 2 aromatic heterocycles. The molecule has 2 rings (SSSR count). The van der Waals surface area contributed by atoms with E-state index in [1.165, 1.54) is 29.5 Å². The van der Waals surface area contributed by atoms with Crippen LogP contribution in [0.4, 0.5) is 0 Å². The second-order valence-electron chi connectivity index (χ2n) is 5.54. The molecule has 1 atom stereocenters.